The molecular formula is C32H30BrN3O6. The van der Waals surface area contributed by atoms with Crippen molar-refractivity contribution in [3.63, 3.8) is 0 Å². The maximum absolute atomic E-state index is 12.8. The van der Waals surface area contributed by atoms with E-state index in [1.54, 1.807) is 42.5 Å². The summed E-state index contributed by atoms with van der Waals surface area (Å²) in [6.07, 6.45) is 1.47. The number of ether oxygens (including phenoxy) is 4. The van der Waals surface area contributed by atoms with Crippen LogP contribution in [0.25, 0.3) is 0 Å². The molecule has 0 atom stereocenters. The zero-order chi connectivity index (χ0) is 29.7. The van der Waals surface area contributed by atoms with Gasteiger partial charge in [-0.05, 0) is 76.4 Å². The zero-order valence-corrected chi connectivity index (χ0v) is 24.7. The highest BCUT2D eigenvalue weighted by atomic mass is 79.9. The minimum Gasteiger partial charge on any atom is -0.493 e. The van der Waals surface area contributed by atoms with Gasteiger partial charge in [0.2, 0.25) is 0 Å². The molecule has 0 aliphatic rings. The number of carbonyl (C=O) groups excluding carboxylic acids is 2. The standard InChI is InChI=1S/C32H30BrN3O6/c1-3-40-28-18-24(14-15-27(28)41-20-22-10-6-4-7-11-22)32(38)36-34-19-23-16-26(33)31(29(17-23)39-2)42-21-30(37)35-25-12-8-5-9-13-25/h4-19H,3,20-21H2,1-2H3,(H,35,37)(H,36,38)/b34-19+. The smallest absolute Gasteiger partial charge is 0.271 e. The summed E-state index contributed by atoms with van der Waals surface area (Å²) in [4.78, 5) is 25.1. The molecule has 4 aromatic carbocycles. The number of nitrogens with one attached hydrogen (secondary N) is 2. The summed E-state index contributed by atoms with van der Waals surface area (Å²) in [5.41, 5.74) is 5.20. The summed E-state index contributed by atoms with van der Waals surface area (Å²) >= 11 is 3.46. The van der Waals surface area contributed by atoms with E-state index >= 15 is 0 Å². The number of rotatable bonds is 13. The van der Waals surface area contributed by atoms with E-state index in [9.17, 15) is 9.59 Å². The third kappa shape index (κ3) is 8.58. The quantitative estimate of drug-likeness (QED) is 0.134. The van der Waals surface area contributed by atoms with Gasteiger partial charge < -0.3 is 24.3 Å². The highest BCUT2D eigenvalue weighted by Crippen LogP contribution is 2.36. The molecule has 0 unspecified atom stereocenters. The minimum absolute atomic E-state index is 0.215. The average molecular weight is 633 g/mol. The first-order valence-electron chi connectivity index (χ1n) is 13.1. The van der Waals surface area contributed by atoms with Crippen molar-refractivity contribution in [1.29, 1.82) is 0 Å². The summed E-state index contributed by atoms with van der Waals surface area (Å²) in [5, 5.41) is 6.84. The molecule has 0 aliphatic heterocycles. The van der Waals surface area contributed by atoms with E-state index in [0.717, 1.165) is 5.56 Å². The van der Waals surface area contributed by atoms with Crippen LogP contribution >= 0.6 is 15.9 Å². The maximum atomic E-state index is 12.8. The van der Waals surface area contributed by atoms with Crippen LogP contribution in [0, 0.1) is 0 Å². The summed E-state index contributed by atoms with van der Waals surface area (Å²) in [6.45, 7) is 2.44. The predicted molar refractivity (Wildman–Crippen MR) is 165 cm³/mol. The molecule has 0 saturated carbocycles. The van der Waals surface area contributed by atoms with Crippen LogP contribution < -0.4 is 29.7 Å². The fourth-order valence-electron chi connectivity index (χ4n) is 3.81. The first kappa shape index (κ1) is 30.1. The van der Waals surface area contributed by atoms with Crippen LogP contribution in [-0.2, 0) is 11.4 Å². The van der Waals surface area contributed by atoms with Crippen molar-refractivity contribution < 1.29 is 28.5 Å². The van der Waals surface area contributed by atoms with Gasteiger partial charge in [-0.3, -0.25) is 9.59 Å². The fourth-order valence-corrected chi connectivity index (χ4v) is 4.39. The number of amides is 2. The Morgan fingerprint density at radius 1 is 0.857 bits per heavy atom. The van der Waals surface area contributed by atoms with Crippen molar-refractivity contribution in [1.82, 2.24) is 5.43 Å². The fraction of sp³-hybridized carbons (Fsp3) is 0.156. The average Bonchev–Trinajstić information content (AvgIpc) is 3.00. The van der Waals surface area contributed by atoms with E-state index < -0.39 is 5.91 Å². The number of hydrogen-bond donors (Lipinski definition) is 2. The van der Waals surface area contributed by atoms with Gasteiger partial charge in [-0.25, -0.2) is 5.43 Å². The van der Waals surface area contributed by atoms with Crippen molar-refractivity contribution in [2.45, 2.75) is 13.5 Å². The van der Waals surface area contributed by atoms with Crippen molar-refractivity contribution in [2.75, 3.05) is 25.6 Å². The number of hydrogen-bond acceptors (Lipinski definition) is 7. The number of halogens is 1. The molecule has 9 nitrogen and oxygen atoms in total. The molecule has 2 amide bonds. The lowest BCUT2D eigenvalue weighted by Gasteiger charge is -2.14. The molecule has 4 aromatic rings. The van der Waals surface area contributed by atoms with Crippen LogP contribution in [0.3, 0.4) is 0 Å². The minimum atomic E-state index is -0.419. The van der Waals surface area contributed by atoms with Crippen molar-refractivity contribution >= 4 is 39.6 Å². The zero-order valence-electron chi connectivity index (χ0n) is 23.1. The Morgan fingerprint density at radius 3 is 2.31 bits per heavy atom. The van der Waals surface area contributed by atoms with Gasteiger partial charge in [0.15, 0.2) is 29.6 Å². The third-order valence-electron chi connectivity index (χ3n) is 5.78. The summed E-state index contributed by atoms with van der Waals surface area (Å²) in [5.74, 6) is 1.02. The van der Waals surface area contributed by atoms with Gasteiger partial charge in [0.25, 0.3) is 11.8 Å². The lowest BCUT2D eigenvalue weighted by atomic mass is 10.2. The molecule has 0 fully saturated rings. The second-order valence-electron chi connectivity index (χ2n) is 8.80. The number of para-hydroxylation sites is 1. The maximum Gasteiger partial charge on any atom is 0.271 e. The predicted octanol–water partition coefficient (Wildman–Crippen LogP) is 6.22. The number of hydrazone groups is 1. The van der Waals surface area contributed by atoms with Gasteiger partial charge in [-0.2, -0.15) is 5.10 Å². The van der Waals surface area contributed by atoms with Gasteiger partial charge in [0.05, 0.1) is 24.4 Å². The molecule has 0 aliphatic carbocycles. The Hall–Kier alpha value is -4.83. The van der Waals surface area contributed by atoms with Crippen LogP contribution in [-0.4, -0.2) is 38.4 Å². The van der Waals surface area contributed by atoms with Crippen molar-refractivity contribution in [2.24, 2.45) is 5.10 Å². The Morgan fingerprint density at radius 2 is 1.60 bits per heavy atom. The van der Waals surface area contributed by atoms with E-state index in [-0.39, 0.29) is 12.5 Å². The van der Waals surface area contributed by atoms with Crippen LogP contribution in [0.2, 0.25) is 0 Å². The first-order valence-corrected chi connectivity index (χ1v) is 13.9. The largest absolute Gasteiger partial charge is 0.493 e. The van der Waals surface area contributed by atoms with Crippen LogP contribution in [0.5, 0.6) is 23.0 Å². The molecule has 0 spiro atoms. The highest BCUT2D eigenvalue weighted by Gasteiger charge is 2.14. The summed E-state index contributed by atoms with van der Waals surface area (Å²) < 4.78 is 23.3. The van der Waals surface area contributed by atoms with E-state index in [1.807, 2.05) is 55.5 Å². The number of anilines is 1. The molecular weight excluding hydrogens is 602 g/mol. The number of carbonyl (C=O) groups is 2. The van der Waals surface area contributed by atoms with Crippen LogP contribution in [0.15, 0.2) is 101 Å². The second-order valence-corrected chi connectivity index (χ2v) is 9.66. The molecule has 216 valence electrons. The highest BCUT2D eigenvalue weighted by molar-refractivity contribution is 9.10. The number of nitrogens with zero attached hydrogens (tertiary/aromatic N) is 1. The SMILES string of the molecule is CCOc1cc(C(=O)N/N=C/c2cc(Br)c(OCC(=O)Nc3ccccc3)c(OC)c2)ccc1OCc1ccccc1. The topological polar surface area (TPSA) is 107 Å². The van der Waals surface area contributed by atoms with E-state index in [1.165, 1.54) is 13.3 Å². The Balaban J connectivity index is 1.37. The van der Waals surface area contributed by atoms with E-state index in [0.29, 0.717) is 57.5 Å². The molecule has 0 bridgehead atoms. The Kier molecular flexibility index (Phi) is 10.9. The second kappa shape index (κ2) is 15.2. The molecule has 42 heavy (non-hydrogen) atoms. The molecule has 2 N–H and O–H groups in total. The van der Waals surface area contributed by atoms with E-state index in [2.05, 4.69) is 31.8 Å². The van der Waals surface area contributed by atoms with Crippen LogP contribution in [0.4, 0.5) is 5.69 Å². The molecule has 0 heterocycles. The van der Waals surface area contributed by atoms with E-state index in [4.69, 9.17) is 18.9 Å². The molecule has 0 aromatic heterocycles. The normalized spacial score (nSPS) is 10.6. The van der Waals surface area contributed by atoms with Gasteiger partial charge >= 0.3 is 0 Å². The van der Waals surface area contributed by atoms with Gasteiger partial charge in [-0.15, -0.1) is 0 Å². The summed E-state index contributed by atoms with van der Waals surface area (Å²) in [6, 6.07) is 27.3. The lowest BCUT2D eigenvalue weighted by Crippen LogP contribution is -2.20. The molecule has 0 radical (unpaired) electrons. The molecule has 4 rings (SSSR count). The Labute approximate surface area is 252 Å². The lowest BCUT2D eigenvalue weighted by molar-refractivity contribution is -0.118. The van der Waals surface area contributed by atoms with Crippen LogP contribution in [0.1, 0.15) is 28.4 Å². The Bertz CT molecular complexity index is 1530. The van der Waals surface area contributed by atoms with Gasteiger partial charge in [0.1, 0.15) is 6.61 Å². The third-order valence-corrected chi connectivity index (χ3v) is 6.37. The van der Waals surface area contributed by atoms with Gasteiger partial charge in [-0.1, -0.05) is 48.5 Å². The van der Waals surface area contributed by atoms with Gasteiger partial charge in [0, 0.05) is 11.3 Å². The monoisotopic (exact) mass is 631 g/mol. The van der Waals surface area contributed by atoms with Crippen molar-refractivity contribution in [3.05, 3.63) is 112 Å². The first-order chi connectivity index (χ1) is 20.5. The number of benzene rings is 4. The number of methoxy groups -OCH3 is 1. The molecule has 0 saturated heterocycles. The van der Waals surface area contributed by atoms with Crippen molar-refractivity contribution in [3.8, 4) is 23.0 Å². The summed E-state index contributed by atoms with van der Waals surface area (Å²) in [7, 11) is 1.49. The molecule has 10 heteroatoms.